The zero-order valence-corrected chi connectivity index (χ0v) is 9.03. The van der Waals surface area contributed by atoms with Crippen molar-refractivity contribution in [3.63, 3.8) is 0 Å². The van der Waals surface area contributed by atoms with E-state index in [1.165, 1.54) is 0 Å². The van der Waals surface area contributed by atoms with Crippen LogP contribution in [0, 0.1) is 0 Å². The quantitative estimate of drug-likeness (QED) is 0.674. The van der Waals surface area contributed by atoms with Crippen LogP contribution in [0.5, 0.6) is 11.5 Å². The number of rotatable bonds is 0. The van der Waals surface area contributed by atoms with Crippen molar-refractivity contribution < 1.29 is 22.4 Å². The van der Waals surface area contributed by atoms with Crippen molar-refractivity contribution in [1.82, 2.24) is 0 Å². The van der Waals surface area contributed by atoms with Crippen molar-refractivity contribution in [2.24, 2.45) is 0 Å². The first-order chi connectivity index (χ1) is 6.97. The van der Waals surface area contributed by atoms with Crippen molar-refractivity contribution in [3.05, 3.63) is 24.3 Å². The molecule has 15 heavy (non-hydrogen) atoms. The van der Waals surface area contributed by atoms with Gasteiger partial charge in [-0.05, 0) is 12.1 Å². The normalized spacial score (nSPS) is 13.7. The Labute approximate surface area is 88.4 Å². The summed E-state index contributed by atoms with van der Waals surface area (Å²) in [6, 6.07) is 7.70. The van der Waals surface area contributed by atoms with E-state index in [4.69, 9.17) is 14.0 Å². The van der Waals surface area contributed by atoms with Gasteiger partial charge in [0.05, 0.1) is 6.26 Å². The van der Waals surface area contributed by atoms with Crippen LogP contribution in [0.2, 0.25) is 0 Å². The molecule has 0 bridgehead atoms. The van der Waals surface area contributed by atoms with Gasteiger partial charge in [0.1, 0.15) is 13.2 Å². The first kappa shape index (κ1) is 11.8. The van der Waals surface area contributed by atoms with Crippen LogP contribution in [0.15, 0.2) is 24.3 Å². The van der Waals surface area contributed by atoms with Gasteiger partial charge < -0.3 is 9.47 Å². The lowest BCUT2D eigenvalue weighted by Gasteiger charge is -2.17. The largest absolute Gasteiger partial charge is 0.486 e. The Morgan fingerprint density at radius 3 is 1.80 bits per heavy atom. The van der Waals surface area contributed by atoms with Gasteiger partial charge in [-0.2, -0.15) is 8.42 Å². The number of fused-ring (bicyclic) bond motifs is 1. The predicted octanol–water partition coefficient (Wildman–Crippen LogP) is 0.962. The topological polar surface area (TPSA) is 72.8 Å². The molecule has 0 fully saturated rings. The van der Waals surface area contributed by atoms with Gasteiger partial charge in [0.25, 0.3) is 10.1 Å². The molecule has 0 aromatic heterocycles. The number of hydrogen-bond acceptors (Lipinski definition) is 4. The molecule has 84 valence electrons. The lowest BCUT2D eigenvalue weighted by Crippen LogP contribution is -2.14. The van der Waals surface area contributed by atoms with Gasteiger partial charge in [0.15, 0.2) is 11.5 Å². The first-order valence-electron chi connectivity index (χ1n) is 4.24. The smallest absolute Gasteiger partial charge is 0.261 e. The van der Waals surface area contributed by atoms with Gasteiger partial charge >= 0.3 is 0 Å². The number of para-hydroxylation sites is 2. The Kier molecular flexibility index (Phi) is 3.93. The summed E-state index contributed by atoms with van der Waals surface area (Å²) in [4.78, 5) is 0. The van der Waals surface area contributed by atoms with Crippen molar-refractivity contribution in [1.29, 1.82) is 0 Å². The Hall–Kier alpha value is -1.27. The van der Waals surface area contributed by atoms with E-state index in [1.807, 2.05) is 24.3 Å². The van der Waals surface area contributed by atoms with Crippen LogP contribution in [0.4, 0.5) is 0 Å². The highest BCUT2D eigenvalue weighted by Gasteiger charge is 2.07. The highest BCUT2D eigenvalue weighted by atomic mass is 32.2. The Morgan fingerprint density at radius 2 is 1.47 bits per heavy atom. The van der Waals surface area contributed by atoms with Crippen molar-refractivity contribution in [3.8, 4) is 11.5 Å². The second-order valence-electron chi connectivity index (χ2n) is 2.88. The zero-order valence-electron chi connectivity index (χ0n) is 8.21. The molecular formula is C9H12O5S. The fraction of sp³-hybridized carbons (Fsp3) is 0.333. The third-order valence-electron chi connectivity index (χ3n) is 1.45. The van der Waals surface area contributed by atoms with E-state index in [0.717, 1.165) is 11.5 Å². The molecular weight excluding hydrogens is 220 g/mol. The first-order valence-corrected chi connectivity index (χ1v) is 6.09. The zero-order chi connectivity index (χ0) is 11.3. The highest BCUT2D eigenvalue weighted by molar-refractivity contribution is 7.85. The van der Waals surface area contributed by atoms with E-state index >= 15 is 0 Å². The van der Waals surface area contributed by atoms with Crippen LogP contribution in [0.3, 0.4) is 0 Å². The minimum absolute atomic E-state index is 0.664. The van der Waals surface area contributed by atoms with Crippen molar-refractivity contribution in [2.45, 2.75) is 0 Å². The molecule has 0 unspecified atom stereocenters. The molecule has 5 nitrogen and oxygen atoms in total. The molecule has 0 radical (unpaired) electrons. The van der Waals surface area contributed by atoms with Crippen LogP contribution in [0.25, 0.3) is 0 Å². The molecule has 0 atom stereocenters. The van der Waals surface area contributed by atoms with Crippen LogP contribution >= 0.6 is 0 Å². The third-order valence-corrected chi connectivity index (χ3v) is 1.45. The maximum Gasteiger partial charge on any atom is 0.261 e. The monoisotopic (exact) mass is 232 g/mol. The summed E-state index contributed by atoms with van der Waals surface area (Å²) < 4.78 is 36.5. The van der Waals surface area contributed by atoms with Crippen molar-refractivity contribution >= 4 is 10.1 Å². The van der Waals surface area contributed by atoms with Crippen LogP contribution in [-0.4, -0.2) is 32.4 Å². The average molecular weight is 232 g/mol. The number of hydrogen-bond donors (Lipinski definition) is 1. The molecule has 1 heterocycles. The Bertz CT molecular complexity index is 379. The highest BCUT2D eigenvalue weighted by Crippen LogP contribution is 2.28. The molecule has 2 rings (SSSR count). The summed E-state index contributed by atoms with van der Waals surface area (Å²) in [6.07, 6.45) is 0.715. The molecule has 0 spiro atoms. The second-order valence-corrected chi connectivity index (χ2v) is 4.34. The molecule has 0 amide bonds. The van der Waals surface area contributed by atoms with Crippen LogP contribution < -0.4 is 9.47 Å². The van der Waals surface area contributed by atoms with E-state index in [1.54, 1.807) is 0 Å². The number of benzene rings is 1. The molecule has 0 aliphatic carbocycles. The molecule has 1 aromatic carbocycles. The number of ether oxygens (including phenoxy) is 2. The molecule has 0 saturated heterocycles. The minimum atomic E-state index is -3.67. The molecule has 1 aliphatic rings. The third kappa shape index (κ3) is 5.24. The van der Waals surface area contributed by atoms with Crippen LogP contribution in [-0.2, 0) is 10.1 Å². The van der Waals surface area contributed by atoms with E-state index < -0.39 is 10.1 Å². The van der Waals surface area contributed by atoms with Gasteiger partial charge in [0, 0.05) is 0 Å². The summed E-state index contributed by atoms with van der Waals surface area (Å²) in [5.74, 6) is 1.71. The Morgan fingerprint density at radius 1 is 1.13 bits per heavy atom. The maximum atomic E-state index is 9.19. The van der Waals surface area contributed by atoms with Gasteiger partial charge in [0.2, 0.25) is 0 Å². The lowest BCUT2D eigenvalue weighted by atomic mass is 10.3. The van der Waals surface area contributed by atoms with E-state index in [9.17, 15) is 8.42 Å². The van der Waals surface area contributed by atoms with Crippen LogP contribution in [0.1, 0.15) is 0 Å². The van der Waals surface area contributed by atoms with E-state index in [-0.39, 0.29) is 0 Å². The van der Waals surface area contributed by atoms with E-state index in [2.05, 4.69) is 0 Å². The summed E-state index contributed by atoms with van der Waals surface area (Å²) in [7, 11) is -3.67. The second kappa shape index (κ2) is 4.99. The van der Waals surface area contributed by atoms with Gasteiger partial charge in [-0.1, -0.05) is 12.1 Å². The standard InChI is InChI=1S/C8H8O2.CH4O3S/c1-2-4-8-7(3-1)9-5-6-10-8;1-5(2,3)4/h1-4H,5-6H2;1H3,(H,2,3,4). The van der Waals surface area contributed by atoms with Crippen molar-refractivity contribution in [2.75, 3.05) is 19.5 Å². The maximum absolute atomic E-state index is 9.19. The minimum Gasteiger partial charge on any atom is -0.486 e. The molecule has 1 N–H and O–H groups in total. The predicted molar refractivity (Wildman–Crippen MR) is 54.9 cm³/mol. The van der Waals surface area contributed by atoms with Gasteiger partial charge in [-0.25, -0.2) is 0 Å². The summed E-state index contributed by atoms with van der Waals surface area (Å²) in [5, 5.41) is 0. The fourth-order valence-electron chi connectivity index (χ4n) is 0.992. The summed E-state index contributed by atoms with van der Waals surface area (Å²) in [5.41, 5.74) is 0. The summed E-state index contributed by atoms with van der Waals surface area (Å²) in [6.45, 7) is 1.33. The molecule has 0 saturated carbocycles. The lowest BCUT2D eigenvalue weighted by molar-refractivity contribution is 0.171. The summed E-state index contributed by atoms with van der Waals surface area (Å²) >= 11 is 0. The SMILES string of the molecule is CS(=O)(=O)O.c1ccc2c(c1)OCCO2. The fourth-order valence-corrected chi connectivity index (χ4v) is 0.992. The van der Waals surface area contributed by atoms with Gasteiger partial charge in [-0.3, -0.25) is 4.55 Å². The average Bonchev–Trinajstić information content (AvgIpc) is 2.16. The Balaban J connectivity index is 0.000000195. The molecule has 6 heteroatoms. The van der Waals surface area contributed by atoms with Gasteiger partial charge in [-0.15, -0.1) is 0 Å². The molecule has 1 aliphatic heterocycles. The van der Waals surface area contributed by atoms with E-state index in [0.29, 0.717) is 19.5 Å². The molecule has 1 aromatic rings.